The molecular formula is C16H25NO2. The first-order valence-corrected chi connectivity index (χ1v) is 6.95. The van der Waals surface area contributed by atoms with Crippen LogP contribution in [0.5, 0.6) is 11.5 Å². The SMILES string of the molecule is CCCNC(C)/C(C)=C/c1ccc(O)c(OCC)c1. The van der Waals surface area contributed by atoms with Crippen molar-refractivity contribution < 1.29 is 9.84 Å². The van der Waals surface area contributed by atoms with Crippen molar-refractivity contribution in [2.45, 2.75) is 40.2 Å². The number of phenolic OH excluding ortho intramolecular Hbond substituents is 1. The molecule has 1 aromatic rings. The molecule has 0 radical (unpaired) electrons. The van der Waals surface area contributed by atoms with Crippen LogP contribution in [0.15, 0.2) is 23.8 Å². The van der Waals surface area contributed by atoms with Gasteiger partial charge < -0.3 is 15.2 Å². The molecule has 0 aliphatic rings. The van der Waals surface area contributed by atoms with E-state index < -0.39 is 0 Å². The van der Waals surface area contributed by atoms with E-state index in [1.165, 1.54) is 5.57 Å². The average Bonchev–Trinajstić information content (AvgIpc) is 2.40. The average molecular weight is 263 g/mol. The van der Waals surface area contributed by atoms with E-state index in [4.69, 9.17) is 4.74 Å². The minimum absolute atomic E-state index is 0.189. The number of phenols is 1. The summed E-state index contributed by atoms with van der Waals surface area (Å²) in [6.45, 7) is 9.91. The lowest BCUT2D eigenvalue weighted by molar-refractivity contribution is 0.318. The highest BCUT2D eigenvalue weighted by Crippen LogP contribution is 2.27. The van der Waals surface area contributed by atoms with Crippen molar-refractivity contribution >= 4 is 6.08 Å². The maximum Gasteiger partial charge on any atom is 0.161 e. The summed E-state index contributed by atoms with van der Waals surface area (Å²) < 4.78 is 5.39. The van der Waals surface area contributed by atoms with Crippen LogP contribution in [0.2, 0.25) is 0 Å². The number of rotatable bonds is 7. The minimum atomic E-state index is 0.189. The highest BCUT2D eigenvalue weighted by molar-refractivity contribution is 5.58. The van der Waals surface area contributed by atoms with Gasteiger partial charge in [0.15, 0.2) is 11.5 Å². The lowest BCUT2D eigenvalue weighted by atomic mass is 10.1. The van der Waals surface area contributed by atoms with E-state index in [2.05, 4.69) is 32.2 Å². The molecule has 0 aliphatic carbocycles. The van der Waals surface area contributed by atoms with Gasteiger partial charge in [0.05, 0.1) is 6.61 Å². The number of hydrogen-bond acceptors (Lipinski definition) is 3. The largest absolute Gasteiger partial charge is 0.504 e. The third-order valence-electron chi connectivity index (χ3n) is 3.06. The van der Waals surface area contributed by atoms with Crippen LogP contribution in [0, 0.1) is 0 Å². The summed E-state index contributed by atoms with van der Waals surface area (Å²) in [6, 6.07) is 5.79. The molecule has 0 fully saturated rings. The molecule has 0 bridgehead atoms. The van der Waals surface area contributed by atoms with Gasteiger partial charge in [0.25, 0.3) is 0 Å². The van der Waals surface area contributed by atoms with Gasteiger partial charge in [0.1, 0.15) is 0 Å². The summed E-state index contributed by atoms with van der Waals surface area (Å²) in [5.74, 6) is 0.729. The van der Waals surface area contributed by atoms with Gasteiger partial charge in [-0.2, -0.15) is 0 Å². The Balaban J connectivity index is 2.82. The Morgan fingerprint density at radius 3 is 2.79 bits per heavy atom. The van der Waals surface area contributed by atoms with Crippen LogP contribution in [0.1, 0.15) is 39.7 Å². The molecule has 2 N–H and O–H groups in total. The molecule has 1 rings (SSSR count). The van der Waals surface area contributed by atoms with E-state index in [1.54, 1.807) is 6.07 Å². The molecule has 1 aromatic carbocycles. The molecule has 0 spiro atoms. The Hall–Kier alpha value is -1.48. The standard InChI is InChI=1S/C16H25NO2/c1-5-9-17-13(4)12(3)10-14-7-8-15(18)16(11-14)19-6-2/h7-8,10-11,13,17-18H,5-6,9H2,1-4H3/b12-10+. The lowest BCUT2D eigenvalue weighted by Crippen LogP contribution is -2.27. The van der Waals surface area contributed by atoms with Gasteiger partial charge in [-0.15, -0.1) is 0 Å². The minimum Gasteiger partial charge on any atom is -0.504 e. The van der Waals surface area contributed by atoms with Gasteiger partial charge >= 0.3 is 0 Å². The molecule has 1 unspecified atom stereocenters. The van der Waals surface area contributed by atoms with Gasteiger partial charge in [-0.05, 0) is 51.4 Å². The van der Waals surface area contributed by atoms with Crippen LogP contribution >= 0.6 is 0 Å². The Morgan fingerprint density at radius 1 is 1.42 bits per heavy atom. The van der Waals surface area contributed by atoms with Crippen LogP contribution in [0.4, 0.5) is 0 Å². The van der Waals surface area contributed by atoms with E-state index in [-0.39, 0.29) is 5.75 Å². The Bertz CT molecular complexity index is 427. The van der Waals surface area contributed by atoms with Gasteiger partial charge in [-0.3, -0.25) is 0 Å². The predicted molar refractivity (Wildman–Crippen MR) is 80.7 cm³/mol. The molecule has 106 valence electrons. The molecular weight excluding hydrogens is 238 g/mol. The third-order valence-corrected chi connectivity index (χ3v) is 3.06. The number of hydrogen-bond donors (Lipinski definition) is 2. The van der Waals surface area contributed by atoms with Crippen LogP contribution in [-0.4, -0.2) is 24.3 Å². The van der Waals surface area contributed by atoms with Crippen LogP contribution in [0.3, 0.4) is 0 Å². The quantitative estimate of drug-likeness (QED) is 0.790. The molecule has 0 aliphatic heterocycles. The maximum atomic E-state index is 9.67. The fraction of sp³-hybridized carbons (Fsp3) is 0.500. The van der Waals surface area contributed by atoms with Crippen LogP contribution in [0.25, 0.3) is 6.08 Å². The normalized spacial score (nSPS) is 13.4. The van der Waals surface area contributed by atoms with E-state index in [9.17, 15) is 5.11 Å². The van der Waals surface area contributed by atoms with E-state index in [0.717, 1.165) is 18.5 Å². The topological polar surface area (TPSA) is 41.5 Å². The Kier molecular flexibility index (Phi) is 6.43. The Morgan fingerprint density at radius 2 is 2.16 bits per heavy atom. The van der Waals surface area contributed by atoms with Crippen molar-refractivity contribution in [3.8, 4) is 11.5 Å². The van der Waals surface area contributed by atoms with Gasteiger partial charge in [-0.1, -0.05) is 24.6 Å². The van der Waals surface area contributed by atoms with Gasteiger partial charge in [0.2, 0.25) is 0 Å². The van der Waals surface area contributed by atoms with E-state index in [1.807, 2.05) is 19.1 Å². The molecule has 3 heteroatoms. The lowest BCUT2D eigenvalue weighted by Gasteiger charge is -2.14. The van der Waals surface area contributed by atoms with Gasteiger partial charge in [-0.25, -0.2) is 0 Å². The van der Waals surface area contributed by atoms with Crippen LogP contribution < -0.4 is 10.1 Å². The molecule has 0 aromatic heterocycles. The summed E-state index contributed by atoms with van der Waals surface area (Å²) in [5, 5.41) is 13.1. The third kappa shape index (κ3) is 4.95. The molecule has 1 atom stereocenters. The second-order valence-corrected chi connectivity index (χ2v) is 4.72. The first-order chi connectivity index (χ1) is 9.08. The van der Waals surface area contributed by atoms with Crippen molar-refractivity contribution in [2.24, 2.45) is 0 Å². The molecule has 0 heterocycles. The van der Waals surface area contributed by atoms with E-state index in [0.29, 0.717) is 18.4 Å². The summed E-state index contributed by atoms with van der Waals surface area (Å²) >= 11 is 0. The zero-order valence-corrected chi connectivity index (χ0v) is 12.4. The Labute approximate surface area is 116 Å². The summed E-state index contributed by atoms with van der Waals surface area (Å²) in [6.07, 6.45) is 3.25. The summed E-state index contributed by atoms with van der Waals surface area (Å²) in [4.78, 5) is 0. The molecule has 0 amide bonds. The molecule has 0 saturated heterocycles. The number of nitrogens with one attached hydrogen (secondary N) is 1. The van der Waals surface area contributed by atoms with Crippen molar-refractivity contribution in [3.63, 3.8) is 0 Å². The molecule has 19 heavy (non-hydrogen) atoms. The monoisotopic (exact) mass is 263 g/mol. The fourth-order valence-corrected chi connectivity index (χ4v) is 1.80. The van der Waals surface area contributed by atoms with Crippen molar-refractivity contribution in [1.82, 2.24) is 5.32 Å². The number of ether oxygens (including phenoxy) is 1. The van der Waals surface area contributed by atoms with Crippen molar-refractivity contribution in [1.29, 1.82) is 0 Å². The second kappa shape index (κ2) is 7.85. The van der Waals surface area contributed by atoms with Gasteiger partial charge in [0, 0.05) is 6.04 Å². The van der Waals surface area contributed by atoms with E-state index >= 15 is 0 Å². The van der Waals surface area contributed by atoms with Crippen molar-refractivity contribution in [3.05, 3.63) is 29.3 Å². The molecule has 0 saturated carbocycles. The smallest absolute Gasteiger partial charge is 0.161 e. The zero-order valence-electron chi connectivity index (χ0n) is 12.4. The second-order valence-electron chi connectivity index (χ2n) is 4.72. The first kappa shape index (κ1) is 15.6. The zero-order chi connectivity index (χ0) is 14.3. The maximum absolute atomic E-state index is 9.67. The highest BCUT2D eigenvalue weighted by atomic mass is 16.5. The predicted octanol–water partition coefficient (Wildman–Crippen LogP) is 3.58. The highest BCUT2D eigenvalue weighted by Gasteiger charge is 2.05. The number of aromatic hydroxyl groups is 1. The first-order valence-electron chi connectivity index (χ1n) is 6.95. The fourth-order valence-electron chi connectivity index (χ4n) is 1.80. The van der Waals surface area contributed by atoms with Crippen LogP contribution in [-0.2, 0) is 0 Å². The number of benzene rings is 1. The summed E-state index contributed by atoms with van der Waals surface area (Å²) in [5.41, 5.74) is 2.31. The summed E-state index contributed by atoms with van der Waals surface area (Å²) in [7, 11) is 0. The molecule has 3 nitrogen and oxygen atoms in total. The van der Waals surface area contributed by atoms with Crippen molar-refractivity contribution in [2.75, 3.05) is 13.2 Å².